The van der Waals surface area contributed by atoms with E-state index in [0.29, 0.717) is 13.1 Å². The maximum absolute atomic E-state index is 11.4. The highest BCUT2D eigenvalue weighted by molar-refractivity contribution is 5.78. The fourth-order valence-electron chi connectivity index (χ4n) is 1.94. The Morgan fingerprint density at radius 2 is 2.33 bits per heavy atom. The maximum Gasteiger partial charge on any atom is 0.234 e. The van der Waals surface area contributed by atoms with Crippen molar-refractivity contribution in [1.29, 1.82) is 0 Å². The lowest BCUT2D eigenvalue weighted by molar-refractivity contribution is -0.121. The van der Waals surface area contributed by atoms with E-state index < -0.39 is 0 Å². The molecule has 98 valence electrons. The van der Waals surface area contributed by atoms with Gasteiger partial charge in [-0.1, -0.05) is 0 Å². The largest absolute Gasteiger partial charge is 0.369 e. The molecule has 0 aromatic carbocycles. The summed E-state index contributed by atoms with van der Waals surface area (Å²) in [4.78, 5) is 22.1. The molecule has 0 saturated carbocycles. The van der Waals surface area contributed by atoms with Crippen molar-refractivity contribution in [3.05, 3.63) is 18.1 Å². The Hall–Kier alpha value is -1.69. The summed E-state index contributed by atoms with van der Waals surface area (Å²) in [5.41, 5.74) is 0.895. The van der Waals surface area contributed by atoms with Crippen LogP contribution < -0.4 is 10.6 Å². The van der Waals surface area contributed by atoms with Gasteiger partial charge in [-0.05, 0) is 13.3 Å². The van der Waals surface area contributed by atoms with E-state index in [-0.39, 0.29) is 5.91 Å². The summed E-state index contributed by atoms with van der Waals surface area (Å²) in [6.45, 7) is 5.64. The monoisotopic (exact) mass is 249 g/mol. The number of carbonyl (C=O) groups is 1. The van der Waals surface area contributed by atoms with Crippen LogP contribution in [-0.2, 0) is 11.3 Å². The van der Waals surface area contributed by atoms with Crippen molar-refractivity contribution >= 4 is 11.7 Å². The first-order valence-electron chi connectivity index (χ1n) is 6.32. The molecular weight excluding hydrogens is 230 g/mol. The second-order valence-corrected chi connectivity index (χ2v) is 4.34. The van der Waals surface area contributed by atoms with E-state index in [4.69, 9.17) is 0 Å². The van der Waals surface area contributed by atoms with Crippen molar-refractivity contribution in [2.24, 2.45) is 0 Å². The van der Waals surface area contributed by atoms with Crippen LogP contribution in [0.2, 0.25) is 0 Å². The van der Waals surface area contributed by atoms with Crippen molar-refractivity contribution in [2.75, 3.05) is 31.5 Å². The lowest BCUT2D eigenvalue weighted by Crippen LogP contribution is -2.32. The Morgan fingerprint density at radius 3 is 3.06 bits per heavy atom. The van der Waals surface area contributed by atoms with Crippen molar-refractivity contribution in [3.8, 4) is 0 Å². The SMILES string of the molecule is CCNc1cnc(CN2CCCNC(=O)C2)cn1. The number of hydrogen-bond acceptors (Lipinski definition) is 5. The highest BCUT2D eigenvalue weighted by Gasteiger charge is 2.15. The Bertz CT molecular complexity index is 392. The molecule has 6 heteroatoms. The number of amides is 1. The number of rotatable bonds is 4. The zero-order chi connectivity index (χ0) is 12.8. The zero-order valence-electron chi connectivity index (χ0n) is 10.6. The van der Waals surface area contributed by atoms with Gasteiger partial charge in [0.05, 0.1) is 24.6 Å². The average Bonchev–Trinajstić information content (AvgIpc) is 2.56. The minimum atomic E-state index is 0.0877. The van der Waals surface area contributed by atoms with Gasteiger partial charge in [0, 0.05) is 26.2 Å². The molecule has 0 bridgehead atoms. The molecule has 6 nitrogen and oxygen atoms in total. The Balaban J connectivity index is 1.93. The fraction of sp³-hybridized carbons (Fsp3) is 0.583. The van der Waals surface area contributed by atoms with E-state index >= 15 is 0 Å². The van der Waals surface area contributed by atoms with Gasteiger partial charge in [0.25, 0.3) is 0 Å². The lowest BCUT2D eigenvalue weighted by atomic mass is 10.3. The number of nitrogens with one attached hydrogen (secondary N) is 2. The van der Waals surface area contributed by atoms with Crippen LogP contribution in [0.25, 0.3) is 0 Å². The summed E-state index contributed by atoms with van der Waals surface area (Å²) in [6, 6.07) is 0. The molecule has 0 spiro atoms. The van der Waals surface area contributed by atoms with Gasteiger partial charge < -0.3 is 10.6 Å². The number of anilines is 1. The highest BCUT2D eigenvalue weighted by atomic mass is 16.2. The second-order valence-electron chi connectivity index (χ2n) is 4.34. The van der Waals surface area contributed by atoms with Gasteiger partial charge in [-0.3, -0.25) is 14.7 Å². The number of nitrogens with zero attached hydrogens (tertiary/aromatic N) is 3. The van der Waals surface area contributed by atoms with E-state index in [2.05, 4.69) is 25.5 Å². The van der Waals surface area contributed by atoms with Gasteiger partial charge in [0.1, 0.15) is 5.82 Å². The molecule has 1 saturated heterocycles. The van der Waals surface area contributed by atoms with E-state index in [1.165, 1.54) is 0 Å². The zero-order valence-corrected chi connectivity index (χ0v) is 10.6. The predicted molar refractivity (Wildman–Crippen MR) is 69.1 cm³/mol. The summed E-state index contributed by atoms with van der Waals surface area (Å²) in [5, 5.41) is 5.96. The first kappa shape index (κ1) is 12.8. The van der Waals surface area contributed by atoms with Crippen LogP contribution >= 0.6 is 0 Å². The molecule has 0 aliphatic carbocycles. The third kappa shape index (κ3) is 3.66. The van der Waals surface area contributed by atoms with Gasteiger partial charge in [0.2, 0.25) is 5.91 Å². The van der Waals surface area contributed by atoms with Crippen LogP contribution in [0, 0.1) is 0 Å². The number of carbonyl (C=O) groups excluding carboxylic acids is 1. The van der Waals surface area contributed by atoms with Gasteiger partial charge in [0.15, 0.2) is 0 Å². The molecule has 1 aliphatic rings. The highest BCUT2D eigenvalue weighted by Crippen LogP contribution is 2.05. The van der Waals surface area contributed by atoms with Gasteiger partial charge in [-0.15, -0.1) is 0 Å². The van der Waals surface area contributed by atoms with E-state index in [1.807, 2.05) is 6.92 Å². The van der Waals surface area contributed by atoms with Crippen LogP contribution in [0.3, 0.4) is 0 Å². The first-order chi connectivity index (χ1) is 8.78. The average molecular weight is 249 g/mol. The van der Waals surface area contributed by atoms with Crippen LogP contribution in [0.15, 0.2) is 12.4 Å². The third-order valence-corrected chi connectivity index (χ3v) is 2.79. The summed E-state index contributed by atoms with van der Waals surface area (Å²) in [6.07, 6.45) is 4.48. The summed E-state index contributed by atoms with van der Waals surface area (Å²) in [5.74, 6) is 0.875. The standard InChI is InChI=1S/C12H19N5O/c1-2-13-11-7-15-10(6-16-11)8-17-5-3-4-14-12(18)9-17/h6-7H,2-5,8-9H2,1H3,(H,13,16)(H,14,18). The quantitative estimate of drug-likeness (QED) is 0.799. The van der Waals surface area contributed by atoms with E-state index in [9.17, 15) is 4.79 Å². The first-order valence-corrected chi connectivity index (χ1v) is 6.32. The topological polar surface area (TPSA) is 70.2 Å². The molecule has 0 radical (unpaired) electrons. The molecule has 0 unspecified atom stereocenters. The summed E-state index contributed by atoms with van der Waals surface area (Å²) < 4.78 is 0. The minimum Gasteiger partial charge on any atom is -0.369 e. The third-order valence-electron chi connectivity index (χ3n) is 2.79. The maximum atomic E-state index is 11.4. The molecule has 1 aromatic rings. The molecule has 2 N–H and O–H groups in total. The van der Waals surface area contributed by atoms with Gasteiger partial charge in [-0.25, -0.2) is 4.98 Å². The van der Waals surface area contributed by atoms with Gasteiger partial charge in [-0.2, -0.15) is 0 Å². The molecular formula is C12H19N5O. The normalized spacial score (nSPS) is 17.1. The lowest BCUT2D eigenvalue weighted by Gasteiger charge is -2.17. The molecule has 1 fully saturated rings. The van der Waals surface area contributed by atoms with Crippen molar-refractivity contribution in [2.45, 2.75) is 19.9 Å². The van der Waals surface area contributed by atoms with Crippen LogP contribution in [-0.4, -0.2) is 47.0 Å². The molecule has 1 amide bonds. The number of aromatic nitrogens is 2. The van der Waals surface area contributed by atoms with Crippen LogP contribution in [0.4, 0.5) is 5.82 Å². The van der Waals surface area contributed by atoms with Crippen molar-refractivity contribution in [3.63, 3.8) is 0 Å². The smallest absolute Gasteiger partial charge is 0.234 e. The predicted octanol–water partition coefficient (Wildman–Crippen LogP) is 0.230. The fourth-order valence-corrected chi connectivity index (χ4v) is 1.94. The van der Waals surface area contributed by atoms with Gasteiger partial charge >= 0.3 is 0 Å². The Labute approximate surface area is 107 Å². The minimum absolute atomic E-state index is 0.0877. The van der Waals surface area contributed by atoms with Crippen LogP contribution in [0.5, 0.6) is 0 Å². The van der Waals surface area contributed by atoms with Crippen LogP contribution in [0.1, 0.15) is 19.0 Å². The Kier molecular flexibility index (Phi) is 4.46. The van der Waals surface area contributed by atoms with Crippen molar-refractivity contribution in [1.82, 2.24) is 20.2 Å². The van der Waals surface area contributed by atoms with E-state index in [1.54, 1.807) is 12.4 Å². The molecule has 0 atom stereocenters. The molecule has 1 aliphatic heterocycles. The molecule has 18 heavy (non-hydrogen) atoms. The molecule has 2 rings (SSSR count). The summed E-state index contributed by atoms with van der Waals surface area (Å²) in [7, 11) is 0. The van der Waals surface area contributed by atoms with E-state index in [0.717, 1.165) is 37.6 Å². The van der Waals surface area contributed by atoms with Crippen molar-refractivity contribution < 1.29 is 4.79 Å². The second kappa shape index (κ2) is 6.30. The molecule has 2 heterocycles. The Morgan fingerprint density at radius 1 is 1.44 bits per heavy atom. The number of hydrogen-bond donors (Lipinski definition) is 2. The summed E-state index contributed by atoms with van der Waals surface area (Å²) >= 11 is 0. The molecule has 1 aromatic heterocycles.